The summed E-state index contributed by atoms with van der Waals surface area (Å²) in [6, 6.07) is 8.13. The van der Waals surface area contributed by atoms with Gasteiger partial charge in [-0.2, -0.15) is 4.31 Å². The molecule has 0 N–H and O–H groups in total. The van der Waals surface area contributed by atoms with Gasteiger partial charge >= 0.3 is 0 Å². The Morgan fingerprint density at radius 3 is 2.60 bits per heavy atom. The van der Waals surface area contributed by atoms with Crippen LogP contribution in [0.25, 0.3) is 11.0 Å². The van der Waals surface area contributed by atoms with E-state index in [1.165, 1.54) is 11.8 Å². The summed E-state index contributed by atoms with van der Waals surface area (Å²) in [5.41, 5.74) is 2.13. The first-order chi connectivity index (χ1) is 9.52. The topological polar surface area (TPSA) is 53.8 Å². The summed E-state index contributed by atoms with van der Waals surface area (Å²) in [5, 5.41) is 1.11. The molecule has 0 aliphatic carbocycles. The zero-order chi connectivity index (χ0) is 14.2. The van der Waals surface area contributed by atoms with Crippen LogP contribution in [-0.2, 0) is 16.6 Å². The fourth-order valence-electron chi connectivity index (χ4n) is 2.59. The number of nitrogens with zero attached hydrogens (tertiary/aromatic N) is 2. The van der Waals surface area contributed by atoms with Gasteiger partial charge in [0.2, 0.25) is 10.0 Å². The highest BCUT2D eigenvalue weighted by molar-refractivity contribution is 7.88. The highest BCUT2D eigenvalue weighted by Gasteiger charge is 2.23. The summed E-state index contributed by atoms with van der Waals surface area (Å²) >= 11 is 0. The average Bonchev–Trinajstić information content (AvgIpc) is 2.86. The van der Waals surface area contributed by atoms with Crippen molar-refractivity contribution in [2.45, 2.75) is 6.54 Å². The number of sulfonamides is 1. The summed E-state index contributed by atoms with van der Waals surface area (Å²) in [6.07, 6.45) is 2.97. The first-order valence-corrected chi connectivity index (χ1v) is 8.51. The van der Waals surface area contributed by atoms with Crippen LogP contribution in [0.5, 0.6) is 0 Å². The molecular formula is C14H18N2O3S. The Balaban J connectivity index is 1.64. The molecule has 0 saturated carbocycles. The van der Waals surface area contributed by atoms with Crippen LogP contribution in [0.15, 0.2) is 34.9 Å². The van der Waals surface area contributed by atoms with Crippen LogP contribution in [-0.4, -0.2) is 50.1 Å². The average molecular weight is 294 g/mol. The van der Waals surface area contributed by atoms with Gasteiger partial charge in [-0.25, -0.2) is 8.42 Å². The van der Waals surface area contributed by atoms with E-state index in [2.05, 4.69) is 17.0 Å². The third kappa shape index (κ3) is 2.87. The smallest absolute Gasteiger partial charge is 0.211 e. The maximum Gasteiger partial charge on any atom is 0.211 e. The molecule has 1 aromatic carbocycles. The summed E-state index contributed by atoms with van der Waals surface area (Å²) in [4.78, 5) is 2.28. The number of rotatable bonds is 3. The lowest BCUT2D eigenvalue weighted by atomic mass is 10.1. The Kier molecular flexibility index (Phi) is 3.54. The lowest BCUT2D eigenvalue weighted by Gasteiger charge is -2.33. The minimum atomic E-state index is -3.05. The molecule has 1 fully saturated rings. The van der Waals surface area contributed by atoms with Crippen LogP contribution >= 0.6 is 0 Å². The normalized spacial score (nSPS) is 18.6. The SMILES string of the molecule is CS(=O)(=O)N1CCN(Cc2ccc3occc3c2)CC1. The second-order valence-corrected chi connectivity index (χ2v) is 7.21. The molecule has 2 heterocycles. The van der Waals surface area contributed by atoms with Crippen molar-refractivity contribution in [3.63, 3.8) is 0 Å². The summed E-state index contributed by atoms with van der Waals surface area (Å²) in [7, 11) is -3.05. The number of furan rings is 1. The van der Waals surface area contributed by atoms with E-state index in [1.54, 1.807) is 10.6 Å². The summed E-state index contributed by atoms with van der Waals surface area (Å²) in [6.45, 7) is 3.55. The Hall–Kier alpha value is -1.37. The van der Waals surface area contributed by atoms with E-state index in [1.807, 2.05) is 12.1 Å². The van der Waals surface area contributed by atoms with Crippen LogP contribution < -0.4 is 0 Å². The first-order valence-electron chi connectivity index (χ1n) is 6.66. The van der Waals surface area contributed by atoms with Gasteiger partial charge in [0.05, 0.1) is 12.5 Å². The third-order valence-electron chi connectivity index (χ3n) is 3.72. The van der Waals surface area contributed by atoms with Crippen LogP contribution in [0.4, 0.5) is 0 Å². The summed E-state index contributed by atoms with van der Waals surface area (Å²) in [5.74, 6) is 0. The molecular weight excluding hydrogens is 276 g/mol. The Bertz CT molecular complexity index is 700. The minimum Gasteiger partial charge on any atom is -0.464 e. The van der Waals surface area contributed by atoms with Gasteiger partial charge in [-0.05, 0) is 23.8 Å². The van der Waals surface area contributed by atoms with Crippen molar-refractivity contribution in [2.24, 2.45) is 0 Å². The molecule has 1 aliphatic rings. The van der Waals surface area contributed by atoms with Crippen LogP contribution in [0, 0.1) is 0 Å². The fourth-order valence-corrected chi connectivity index (χ4v) is 3.42. The van der Waals surface area contributed by atoms with Gasteiger partial charge in [0.1, 0.15) is 5.58 Å². The highest BCUT2D eigenvalue weighted by Crippen LogP contribution is 2.18. The zero-order valence-electron chi connectivity index (χ0n) is 11.4. The molecule has 0 radical (unpaired) electrons. The second-order valence-electron chi connectivity index (χ2n) is 5.23. The monoisotopic (exact) mass is 294 g/mol. The van der Waals surface area contributed by atoms with Gasteiger partial charge in [0, 0.05) is 38.1 Å². The van der Waals surface area contributed by atoms with Crippen molar-refractivity contribution in [2.75, 3.05) is 32.4 Å². The molecule has 0 spiro atoms. The van der Waals surface area contributed by atoms with Crippen molar-refractivity contribution >= 4 is 21.0 Å². The molecule has 1 saturated heterocycles. The molecule has 108 valence electrons. The molecule has 0 bridgehead atoms. The standard InChI is InChI=1S/C14H18N2O3S/c1-20(17,18)16-7-5-15(6-8-16)11-12-2-3-14-13(10-12)4-9-19-14/h2-4,9-10H,5-8,11H2,1H3. The largest absolute Gasteiger partial charge is 0.464 e. The van der Waals surface area contributed by atoms with Gasteiger partial charge in [-0.1, -0.05) is 6.07 Å². The third-order valence-corrected chi connectivity index (χ3v) is 5.03. The fraction of sp³-hybridized carbons (Fsp3) is 0.429. The molecule has 2 aromatic rings. The van der Waals surface area contributed by atoms with E-state index in [-0.39, 0.29) is 0 Å². The molecule has 3 rings (SSSR count). The Labute approximate surface area is 118 Å². The molecule has 0 amide bonds. The van der Waals surface area contributed by atoms with Crippen molar-refractivity contribution in [1.82, 2.24) is 9.21 Å². The van der Waals surface area contributed by atoms with E-state index in [0.29, 0.717) is 13.1 Å². The van der Waals surface area contributed by atoms with Crippen molar-refractivity contribution < 1.29 is 12.8 Å². The van der Waals surface area contributed by atoms with Crippen molar-refractivity contribution in [3.8, 4) is 0 Å². The van der Waals surface area contributed by atoms with E-state index >= 15 is 0 Å². The number of hydrogen-bond donors (Lipinski definition) is 0. The Morgan fingerprint density at radius 2 is 1.90 bits per heavy atom. The molecule has 0 atom stereocenters. The van der Waals surface area contributed by atoms with E-state index in [4.69, 9.17) is 4.42 Å². The lowest BCUT2D eigenvalue weighted by Crippen LogP contribution is -2.47. The van der Waals surface area contributed by atoms with Crippen LogP contribution in [0.2, 0.25) is 0 Å². The van der Waals surface area contributed by atoms with Gasteiger partial charge in [-0.15, -0.1) is 0 Å². The molecule has 0 unspecified atom stereocenters. The predicted molar refractivity (Wildman–Crippen MR) is 77.9 cm³/mol. The quantitative estimate of drug-likeness (QED) is 0.861. The van der Waals surface area contributed by atoms with Gasteiger partial charge in [0.25, 0.3) is 0 Å². The van der Waals surface area contributed by atoms with Gasteiger partial charge < -0.3 is 4.42 Å². The first kappa shape index (κ1) is 13.6. The molecule has 5 nitrogen and oxygen atoms in total. The number of hydrogen-bond acceptors (Lipinski definition) is 4. The maximum atomic E-state index is 11.5. The Morgan fingerprint density at radius 1 is 1.15 bits per heavy atom. The molecule has 20 heavy (non-hydrogen) atoms. The molecule has 1 aliphatic heterocycles. The van der Waals surface area contributed by atoms with Crippen LogP contribution in [0.3, 0.4) is 0 Å². The minimum absolute atomic E-state index is 0.576. The van der Waals surface area contributed by atoms with Crippen LogP contribution in [0.1, 0.15) is 5.56 Å². The number of piperazine rings is 1. The molecule has 1 aromatic heterocycles. The van der Waals surface area contributed by atoms with E-state index < -0.39 is 10.0 Å². The maximum absolute atomic E-state index is 11.5. The van der Waals surface area contributed by atoms with Crippen molar-refractivity contribution in [3.05, 3.63) is 36.1 Å². The van der Waals surface area contributed by atoms with E-state index in [0.717, 1.165) is 30.6 Å². The second kappa shape index (κ2) is 5.20. The zero-order valence-corrected chi connectivity index (χ0v) is 12.3. The van der Waals surface area contributed by atoms with E-state index in [9.17, 15) is 8.42 Å². The highest BCUT2D eigenvalue weighted by atomic mass is 32.2. The predicted octanol–water partition coefficient (Wildman–Crippen LogP) is 1.51. The molecule has 6 heteroatoms. The van der Waals surface area contributed by atoms with Gasteiger partial charge in [0.15, 0.2) is 0 Å². The summed E-state index contributed by atoms with van der Waals surface area (Å²) < 4.78 is 29.8. The number of benzene rings is 1. The number of fused-ring (bicyclic) bond motifs is 1. The van der Waals surface area contributed by atoms with Gasteiger partial charge in [-0.3, -0.25) is 4.90 Å². The lowest BCUT2D eigenvalue weighted by molar-refractivity contribution is 0.182. The van der Waals surface area contributed by atoms with Crippen molar-refractivity contribution in [1.29, 1.82) is 0 Å².